The molecule has 4 aromatic heterocycles. The summed E-state index contributed by atoms with van der Waals surface area (Å²) in [6, 6.07) is 18.1. The second-order valence-corrected chi connectivity index (χ2v) is 14.1. The van der Waals surface area contributed by atoms with E-state index in [1.165, 1.54) is 11.6 Å². The van der Waals surface area contributed by atoms with E-state index in [9.17, 15) is 9.18 Å². The zero-order valence-electron chi connectivity index (χ0n) is 25.8. The van der Waals surface area contributed by atoms with Crippen LogP contribution in [0.3, 0.4) is 0 Å². The van der Waals surface area contributed by atoms with E-state index in [2.05, 4.69) is 66.7 Å². The van der Waals surface area contributed by atoms with Crippen LogP contribution in [-0.2, 0) is 5.41 Å². The predicted octanol–water partition coefficient (Wildman–Crippen LogP) is 7.36. The Bertz CT molecular complexity index is 1690. The fourth-order valence-electron chi connectivity index (χ4n) is 6.16. The van der Waals surface area contributed by atoms with Gasteiger partial charge < -0.3 is 10.2 Å². The highest BCUT2D eigenvalue weighted by molar-refractivity contribution is 7.97. The van der Waals surface area contributed by atoms with Crippen molar-refractivity contribution in [2.45, 2.75) is 75.9 Å². The second-order valence-electron chi connectivity index (χ2n) is 13.3. The normalized spacial score (nSPS) is 20.1. The van der Waals surface area contributed by atoms with Gasteiger partial charge >= 0.3 is 0 Å². The average molecular weight is 612 g/mol. The van der Waals surface area contributed by atoms with Gasteiger partial charge in [-0.3, -0.25) is 14.5 Å². The van der Waals surface area contributed by atoms with Crippen molar-refractivity contribution in [2.75, 3.05) is 16.8 Å². The van der Waals surface area contributed by atoms with E-state index < -0.39 is 5.95 Å². The van der Waals surface area contributed by atoms with Crippen molar-refractivity contribution in [3.05, 3.63) is 89.6 Å². The molecule has 44 heavy (non-hydrogen) atoms. The maximum Gasteiger partial charge on any atom is 0.265 e. The maximum absolute atomic E-state index is 14.0. The summed E-state index contributed by atoms with van der Waals surface area (Å²) in [6.07, 6.45) is 4.64. The smallest absolute Gasteiger partial charge is 0.265 e. The van der Waals surface area contributed by atoms with E-state index in [4.69, 9.17) is 15.0 Å². The standard InChI is InChI=1S/C34H38FN7OS/c1-33(2,3)22-16-17-36-27(18-22)26-14-12-21-19-34(4,5)42(20-21)31-23(13-15-25(39-31)24-8-6-9-28(35)37-24)32(43)41-44-30-11-7-10-29(38-26)40-30/h6-11,13,15-18,21,26H,12,14,19-20H2,1-5H3,(H,38,40)(H,41,43)/t21-,26+/m0/s1. The van der Waals surface area contributed by atoms with E-state index in [-0.39, 0.29) is 22.9 Å². The number of aromatic nitrogens is 4. The monoisotopic (exact) mass is 611 g/mol. The molecule has 0 saturated carbocycles. The number of amides is 1. The molecule has 8 nitrogen and oxygen atoms in total. The van der Waals surface area contributed by atoms with Gasteiger partial charge in [0.2, 0.25) is 5.95 Å². The van der Waals surface area contributed by atoms with Crippen LogP contribution < -0.4 is 14.9 Å². The molecule has 2 aliphatic rings. The summed E-state index contributed by atoms with van der Waals surface area (Å²) < 4.78 is 17.0. The third kappa shape index (κ3) is 6.40. The highest BCUT2D eigenvalue weighted by Crippen LogP contribution is 2.41. The lowest BCUT2D eigenvalue weighted by Gasteiger charge is -2.34. The van der Waals surface area contributed by atoms with E-state index in [1.54, 1.807) is 24.3 Å². The Kier molecular flexibility index (Phi) is 8.04. The van der Waals surface area contributed by atoms with Crippen molar-refractivity contribution in [3.63, 3.8) is 0 Å². The Balaban J connectivity index is 1.40. The zero-order chi connectivity index (χ0) is 31.1. The van der Waals surface area contributed by atoms with Crippen LogP contribution in [0.4, 0.5) is 16.0 Å². The third-order valence-electron chi connectivity index (χ3n) is 8.47. The van der Waals surface area contributed by atoms with Gasteiger partial charge in [0, 0.05) is 30.2 Å². The molecule has 0 aliphatic carbocycles. The summed E-state index contributed by atoms with van der Waals surface area (Å²) in [5.74, 6) is 0.815. The van der Waals surface area contributed by atoms with Crippen molar-refractivity contribution < 1.29 is 9.18 Å². The molecule has 1 saturated heterocycles. The first-order valence-corrected chi connectivity index (χ1v) is 15.9. The summed E-state index contributed by atoms with van der Waals surface area (Å²) in [6.45, 7) is 11.8. The number of fused-ring (bicyclic) bond motifs is 6. The van der Waals surface area contributed by atoms with Crippen molar-refractivity contribution in [1.29, 1.82) is 0 Å². The molecule has 2 aliphatic heterocycles. The Hall–Kier alpha value is -4.05. The highest BCUT2D eigenvalue weighted by atomic mass is 32.2. The number of anilines is 2. The highest BCUT2D eigenvalue weighted by Gasteiger charge is 2.41. The summed E-state index contributed by atoms with van der Waals surface area (Å²) in [5.41, 5.74) is 3.36. The molecule has 2 atom stereocenters. The van der Waals surface area contributed by atoms with Gasteiger partial charge in [-0.25, -0.2) is 15.0 Å². The number of pyridine rings is 4. The van der Waals surface area contributed by atoms with Crippen LogP contribution in [0.15, 0.2) is 71.9 Å². The molecule has 4 bridgehead atoms. The number of carbonyl (C=O) groups is 1. The lowest BCUT2D eigenvalue weighted by molar-refractivity contribution is 0.0984. The molecule has 6 heterocycles. The number of rotatable bonds is 2. The largest absolute Gasteiger partial charge is 0.362 e. The number of nitrogens with zero attached hydrogens (tertiary/aromatic N) is 5. The van der Waals surface area contributed by atoms with Crippen LogP contribution in [0.1, 0.15) is 81.5 Å². The molecule has 0 unspecified atom stereocenters. The minimum atomic E-state index is -0.573. The molecule has 10 heteroatoms. The summed E-state index contributed by atoms with van der Waals surface area (Å²) >= 11 is 1.16. The van der Waals surface area contributed by atoms with Crippen molar-refractivity contribution in [2.24, 2.45) is 5.92 Å². The van der Waals surface area contributed by atoms with E-state index in [0.29, 0.717) is 33.7 Å². The lowest BCUT2D eigenvalue weighted by Crippen LogP contribution is -2.40. The predicted molar refractivity (Wildman–Crippen MR) is 173 cm³/mol. The number of hydrogen-bond acceptors (Lipinski definition) is 8. The molecule has 1 fully saturated rings. The van der Waals surface area contributed by atoms with Gasteiger partial charge in [0.25, 0.3) is 5.91 Å². The quantitative estimate of drug-likeness (QED) is 0.179. The number of halogens is 1. The zero-order valence-corrected chi connectivity index (χ0v) is 26.6. The maximum atomic E-state index is 14.0. The van der Waals surface area contributed by atoms with E-state index >= 15 is 0 Å². The van der Waals surface area contributed by atoms with Crippen LogP contribution >= 0.6 is 11.9 Å². The Morgan fingerprint density at radius 3 is 2.57 bits per heavy atom. The number of carbonyl (C=O) groups excluding carboxylic acids is 1. The van der Waals surface area contributed by atoms with Crippen LogP contribution in [0, 0.1) is 11.9 Å². The van der Waals surface area contributed by atoms with Crippen LogP contribution in [0.5, 0.6) is 0 Å². The van der Waals surface area contributed by atoms with Gasteiger partial charge in [0.15, 0.2) is 0 Å². The Morgan fingerprint density at radius 1 is 0.977 bits per heavy atom. The first-order valence-electron chi connectivity index (χ1n) is 15.1. The fourth-order valence-corrected chi connectivity index (χ4v) is 6.76. The van der Waals surface area contributed by atoms with Crippen molar-refractivity contribution >= 4 is 29.5 Å². The van der Waals surface area contributed by atoms with Gasteiger partial charge in [-0.2, -0.15) is 4.39 Å². The third-order valence-corrected chi connectivity index (χ3v) is 9.20. The van der Waals surface area contributed by atoms with Crippen molar-refractivity contribution in [3.8, 4) is 11.4 Å². The van der Waals surface area contributed by atoms with E-state index in [0.717, 1.165) is 49.3 Å². The van der Waals surface area contributed by atoms with E-state index in [1.807, 2.05) is 24.4 Å². The fraction of sp³-hybridized carbons (Fsp3) is 0.382. The first kappa shape index (κ1) is 30.0. The Labute approximate surface area is 262 Å². The minimum Gasteiger partial charge on any atom is -0.362 e. The molecule has 0 spiro atoms. The molecule has 2 N–H and O–H groups in total. The van der Waals surface area contributed by atoms with Gasteiger partial charge in [0.1, 0.15) is 16.7 Å². The SMILES string of the molecule is CC(C)(C)c1ccnc([C@H]2CC[C@@H]3CN(c4nc(-c5cccc(F)n5)ccc4C(=O)NSc4cccc(n4)N2)C(C)(C)C3)c1. The molecule has 1 amide bonds. The van der Waals surface area contributed by atoms with Gasteiger partial charge in [-0.15, -0.1) is 0 Å². The van der Waals surface area contributed by atoms with Crippen LogP contribution in [0.25, 0.3) is 11.4 Å². The average Bonchev–Trinajstić information content (AvgIpc) is 3.30. The second kappa shape index (κ2) is 11.8. The number of nitrogens with one attached hydrogen (secondary N) is 2. The molecular weight excluding hydrogens is 573 g/mol. The summed E-state index contributed by atoms with van der Waals surface area (Å²) in [4.78, 5) is 34.5. The van der Waals surface area contributed by atoms with Gasteiger partial charge in [-0.05, 0) is 98.5 Å². The lowest BCUT2D eigenvalue weighted by atomic mass is 9.86. The minimum absolute atomic E-state index is 0.000761. The first-order chi connectivity index (χ1) is 21.0. The van der Waals surface area contributed by atoms with Gasteiger partial charge in [0.05, 0.1) is 28.7 Å². The van der Waals surface area contributed by atoms with Crippen LogP contribution in [-0.4, -0.2) is 37.9 Å². The van der Waals surface area contributed by atoms with Gasteiger partial charge in [-0.1, -0.05) is 32.9 Å². The molecule has 0 radical (unpaired) electrons. The summed E-state index contributed by atoms with van der Waals surface area (Å²) in [5, 5.41) is 4.32. The molecule has 6 rings (SSSR count). The van der Waals surface area contributed by atoms with Crippen molar-refractivity contribution in [1.82, 2.24) is 24.7 Å². The molecule has 228 valence electrons. The summed E-state index contributed by atoms with van der Waals surface area (Å²) in [7, 11) is 0. The topological polar surface area (TPSA) is 95.9 Å². The van der Waals surface area contributed by atoms with Crippen LogP contribution in [0.2, 0.25) is 0 Å². The molecular formula is C34H38FN7OS. The Morgan fingerprint density at radius 2 is 1.77 bits per heavy atom. The molecule has 0 aromatic carbocycles. The number of hydrogen-bond donors (Lipinski definition) is 2. The molecule has 4 aromatic rings.